The topological polar surface area (TPSA) is 114 Å². The molecule has 1 saturated carbocycles. The summed E-state index contributed by atoms with van der Waals surface area (Å²) in [5.41, 5.74) is 6.85. The molecule has 0 saturated heterocycles. The zero-order valence-corrected chi connectivity index (χ0v) is 23.0. The number of nitrogens with two attached hydrogens (primary N) is 1. The summed E-state index contributed by atoms with van der Waals surface area (Å²) in [7, 11) is 1.71. The number of rotatable bonds is 7. The van der Waals surface area contributed by atoms with Gasteiger partial charge in [-0.3, -0.25) is 0 Å². The number of pyridine rings is 1. The van der Waals surface area contributed by atoms with Crippen LogP contribution in [0.3, 0.4) is 0 Å². The number of esters is 1. The SMILES string of the molecule is C/C=C(\C)C(=O)O[C@]1(C)CC[C@@H](CCCOC)[C@H](c2ccnc(N)c2)[C@]12Cc1cc3ccc(=O)oc3cc1O2. The number of allylic oxidation sites excluding steroid dienone is 1. The number of nitrogens with zero attached hydrogens (tertiary/aromatic N) is 1. The lowest BCUT2D eigenvalue weighted by Crippen LogP contribution is -2.65. The number of ether oxygens (including phenoxy) is 3. The first-order valence-corrected chi connectivity index (χ1v) is 13.5. The van der Waals surface area contributed by atoms with Crippen molar-refractivity contribution in [3.05, 3.63) is 75.8 Å². The lowest BCUT2D eigenvalue weighted by molar-refractivity contribution is -0.200. The van der Waals surface area contributed by atoms with E-state index < -0.39 is 16.8 Å². The lowest BCUT2D eigenvalue weighted by atomic mass is 9.57. The van der Waals surface area contributed by atoms with Crippen molar-refractivity contribution in [3.63, 3.8) is 0 Å². The fraction of sp³-hybridized carbons (Fsp3) is 0.452. The van der Waals surface area contributed by atoms with Crippen LogP contribution in [0.4, 0.5) is 5.82 Å². The minimum Gasteiger partial charge on any atom is -0.482 e. The molecule has 0 bridgehead atoms. The largest absolute Gasteiger partial charge is 0.482 e. The van der Waals surface area contributed by atoms with E-state index >= 15 is 0 Å². The molecule has 2 N–H and O–H groups in total. The molecule has 3 aromatic rings. The van der Waals surface area contributed by atoms with Gasteiger partial charge < -0.3 is 24.4 Å². The van der Waals surface area contributed by atoms with E-state index in [0.717, 1.165) is 35.8 Å². The van der Waals surface area contributed by atoms with Crippen LogP contribution in [0.2, 0.25) is 0 Å². The number of carbonyl (C=O) groups excluding carboxylic acids is 1. The number of fused-ring (bicyclic) bond motifs is 2. The number of carbonyl (C=O) groups is 1. The van der Waals surface area contributed by atoms with E-state index in [9.17, 15) is 9.59 Å². The molecule has 0 amide bonds. The van der Waals surface area contributed by atoms with Crippen LogP contribution in [-0.4, -0.2) is 35.9 Å². The van der Waals surface area contributed by atoms with Crippen LogP contribution in [0.5, 0.6) is 5.75 Å². The zero-order chi connectivity index (χ0) is 27.8. The number of hydrogen-bond donors (Lipinski definition) is 1. The fourth-order valence-electron chi connectivity index (χ4n) is 6.45. The molecule has 1 aliphatic carbocycles. The van der Waals surface area contributed by atoms with Gasteiger partial charge in [0.25, 0.3) is 0 Å². The zero-order valence-electron chi connectivity index (χ0n) is 23.0. The second kappa shape index (κ2) is 10.5. The normalized spacial score (nSPS) is 26.4. The van der Waals surface area contributed by atoms with E-state index in [-0.39, 0.29) is 17.8 Å². The van der Waals surface area contributed by atoms with Gasteiger partial charge in [-0.2, -0.15) is 0 Å². The van der Waals surface area contributed by atoms with Gasteiger partial charge in [-0.15, -0.1) is 0 Å². The average Bonchev–Trinajstić information content (AvgIpc) is 3.28. The molecule has 39 heavy (non-hydrogen) atoms. The molecular weight excluding hydrogens is 496 g/mol. The van der Waals surface area contributed by atoms with Gasteiger partial charge in [-0.05, 0) is 87.8 Å². The van der Waals surface area contributed by atoms with Crippen LogP contribution >= 0.6 is 0 Å². The summed E-state index contributed by atoms with van der Waals surface area (Å²) in [4.78, 5) is 29.4. The molecule has 2 aliphatic rings. The van der Waals surface area contributed by atoms with Gasteiger partial charge in [0.1, 0.15) is 22.8 Å². The van der Waals surface area contributed by atoms with Gasteiger partial charge in [-0.25, -0.2) is 14.6 Å². The van der Waals surface area contributed by atoms with Crippen LogP contribution < -0.4 is 16.1 Å². The van der Waals surface area contributed by atoms with Crippen LogP contribution in [0.25, 0.3) is 11.0 Å². The molecule has 5 rings (SSSR count). The second-order valence-corrected chi connectivity index (χ2v) is 10.9. The lowest BCUT2D eigenvalue weighted by Gasteiger charge is -2.55. The molecule has 8 nitrogen and oxygen atoms in total. The second-order valence-electron chi connectivity index (χ2n) is 10.9. The Labute approximate surface area is 228 Å². The van der Waals surface area contributed by atoms with Crippen LogP contribution in [0.15, 0.2) is 63.5 Å². The molecule has 0 radical (unpaired) electrons. The summed E-state index contributed by atoms with van der Waals surface area (Å²) in [6.45, 7) is 6.23. The Kier molecular flexibility index (Phi) is 7.25. The highest BCUT2D eigenvalue weighted by Gasteiger charge is 2.65. The predicted octanol–water partition coefficient (Wildman–Crippen LogP) is 5.33. The molecule has 1 fully saturated rings. The van der Waals surface area contributed by atoms with Crippen molar-refractivity contribution in [1.82, 2.24) is 4.98 Å². The Bertz CT molecular complexity index is 1480. The molecule has 1 spiro atoms. The Hall–Kier alpha value is -3.65. The molecule has 2 aromatic heterocycles. The molecule has 3 heterocycles. The molecule has 1 aliphatic heterocycles. The summed E-state index contributed by atoms with van der Waals surface area (Å²) in [6, 6.07) is 10.9. The maximum Gasteiger partial charge on any atom is 0.336 e. The summed E-state index contributed by atoms with van der Waals surface area (Å²) >= 11 is 0. The van der Waals surface area contributed by atoms with Gasteiger partial charge >= 0.3 is 11.6 Å². The standard InChI is InChI=1S/C31H36N2O6/c1-5-19(2)29(35)39-30(3)12-10-20(7-6-14-36-4)28(22-11-13-33-26(32)16-22)31(30)18-23-15-21-8-9-27(34)37-24(21)17-25(23)38-31/h5,8-9,11,13,15-17,20,28H,6-7,10,12,14,18H2,1-4H3,(H2,32,33)/b19-5+/t20-,28-,30-,31-/m1/s1. The molecular formula is C31H36N2O6. The third-order valence-electron chi connectivity index (χ3n) is 8.57. The Balaban J connectivity index is 1.68. The summed E-state index contributed by atoms with van der Waals surface area (Å²) < 4.78 is 24.2. The number of benzene rings is 1. The van der Waals surface area contributed by atoms with Crippen molar-refractivity contribution in [2.75, 3.05) is 19.5 Å². The third-order valence-corrected chi connectivity index (χ3v) is 8.57. The van der Waals surface area contributed by atoms with E-state index in [0.29, 0.717) is 42.2 Å². The fourth-order valence-corrected chi connectivity index (χ4v) is 6.45. The molecule has 1 aromatic carbocycles. The summed E-state index contributed by atoms with van der Waals surface area (Å²) in [5.74, 6) is 0.764. The maximum atomic E-state index is 13.2. The summed E-state index contributed by atoms with van der Waals surface area (Å²) in [5, 5.41) is 0.814. The number of anilines is 1. The Morgan fingerprint density at radius 1 is 1.26 bits per heavy atom. The molecule has 0 unspecified atom stereocenters. The first-order valence-electron chi connectivity index (χ1n) is 13.5. The van der Waals surface area contributed by atoms with Crippen molar-refractivity contribution >= 4 is 22.8 Å². The number of aromatic nitrogens is 1. The van der Waals surface area contributed by atoms with E-state index in [1.54, 1.807) is 38.4 Å². The van der Waals surface area contributed by atoms with Crippen molar-refractivity contribution in [2.24, 2.45) is 5.92 Å². The molecule has 8 heteroatoms. The minimum atomic E-state index is -0.957. The van der Waals surface area contributed by atoms with Crippen molar-refractivity contribution < 1.29 is 23.4 Å². The smallest absolute Gasteiger partial charge is 0.336 e. The van der Waals surface area contributed by atoms with Gasteiger partial charge in [0.05, 0.1) is 0 Å². The van der Waals surface area contributed by atoms with Crippen molar-refractivity contribution in [1.29, 1.82) is 0 Å². The van der Waals surface area contributed by atoms with Gasteiger partial charge in [0, 0.05) is 55.3 Å². The number of hydrogen-bond acceptors (Lipinski definition) is 8. The molecule has 206 valence electrons. The average molecular weight is 533 g/mol. The van der Waals surface area contributed by atoms with E-state index in [2.05, 4.69) is 4.98 Å². The molecule has 4 atom stereocenters. The number of nitrogen functional groups attached to an aromatic ring is 1. The quantitative estimate of drug-likeness (QED) is 0.188. The first kappa shape index (κ1) is 26.9. The van der Waals surface area contributed by atoms with Crippen molar-refractivity contribution in [3.8, 4) is 5.75 Å². The Morgan fingerprint density at radius 2 is 2.08 bits per heavy atom. The van der Waals surface area contributed by atoms with E-state index in [1.165, 1.54) is 6.07 Å². The third kappa shape index (κ3) is 4.82. The monoisotopic (exact) mass is 532 g/mol. The van der Waals surface area contributed by atoms with E-state index in [4.69, 9.17) is 24.4 Å². The highest BCUT2D eigenvalue weighted by atomic mass is 16.6. The van der Waals surface area contributed by atoms with Gasteiger partial charge in [0.15, 0.2) is 5.60 Å². The summed E-state index contributed by atoms with van der Waals surface area (Å²) in [6.07, 6.45) is 7.28. The highest BCUT2D eigenvalue weighted by molar-refractivity contribution is 5.88. The van der Waals surface area contributed by atoms with Crippen LogP contribution in [0.1, 0.15) is 63.5 Å². The first-order chi connectivity index (χ1) is 18.7. The minimum absolute atomic E-state index is 0.153. The Morgan fingerprint density at radius 3 is 2.82 bits per heavy atom. The van der Waals surface area contributed by atoms with Crippen LogP contribution in [-0.2, 0) is 20.7 Å². The van der Waals surface area contributed by atoms with E-state index in [1.807, 2.05) is 32.0 Å². The number of methoxy groups -OCH3 is 1. The van der Waals surface area contributed by atoms with Crippen molar-refractivity contribution in [2.45, 2.75) is 70.0 Å². The van der Waals surface area contributed by atoms with Gasteiger partial charge in [-0.1, -0.05) is 6.08 Å². The highest BCUT2D eigenvalue weighted by Crippen LogP contribution is 2.59. The maximum absolute atomic E-state index is 13.2. The van der Waals surface area contributed by atoms with Gasteiger partial charge in [0.2, 0.25) is 0 Å². The predicted molar refractivity (Wildman–Crippen MR) is 149 cm³/mol. The van der Waals surface area contributed by atoms with Crippen LogP contribution in [0, 0.1) is 5.92 Å².